The zero-order chi connectivity index (χ0) is 15.4. The molecule has 21 heavy (non-hydrogen) atoms. The molecule has 0 aromatic carbocycles. The summed E-state index contributed by atoms with van der Waals surface area (Å²) in [7, 11) is 0. The second-order valence-corrected chi connectivity index (χ2v) is 6.20. The van der Waals surface area contributed by atoms with E-state index in [1.807, 2.05) is 13.8 Å². The smallest absolute Gasteiger partial charge is 0.322 e. The number of hydrogen-bond donors (Lipinski definition) is 2. The van der Waals surface area contributed by atoms with E-state index in [4.69, 9.17) is 9.52 Å². The molecule has 2 N–H and O–H groups in total. The number of carboxylic acids is 1. The third kappa shape index (κ3) is 4.18. The van der Waals surface area contributed by atoms with Crippen molar-refractivity contribution < 1.29 is 19.1 Å². The number of aliphatic carboxylic acids is 1. The van der Waals surface area contributed by atoms with Crippen molar-refractivity contribution in [2.75, 3.05) is 29.9 Å². The maximum atomic E-state index is 11.9. The van der Waals surface area contributed by atoms with Gasteiger partial charge < -0.3 is 9.52 Å². The van der Waals surface area contributed by atoms with Crippen LogP contribution in [0.4, 0.5) is 6.01 Å². The van der Waals surface area contributed by atoms with Gasteiger partial charge in [-0.15, -0.1) is 5.10 Å². The summed E-state index contributed by atoms with van der Waals surface area (Å²) in [5, 5.41) is 19.2. The number of nitrogens with one attached hydrogen (secondary N) is 1. The second-order valence-electron chi connectivity index (χ2n) is 5.05. The summed E-state index contributed by atoms with van der Waals surface area (Å²) in [5.41, 5.74) is 0. The Morgan fingerprint density at radius 3 is 2.90 bits per heavy atom. The molecule has 0 saturated carbocycles. The van der Waals surface area contributed by atoms with E-state index < -0.39 is 12.0 Å². The van der Waals surface area contributed by atoms with Gasteiger partial charge >= 0.3 is 12.0 Å². The molecule has 1 amide bonds. The minimum atomic E-state index is -0.908. The minimum Gasteiger partial charge on any atom is -0.480 e. The van der Waals surface area contributed by atoms with Gasteiger partial charge in [-0.25, -0.2) is 0 Å². The van der Waals surface area contributed by atoms with E-state index in [0.29, 0.717) is 18.2 Å². The average Bonchev–Trinajstić information content (AvgIpc) is 2.87. The van der Waals surface area contributed by atoms with E-state index in [2.05, 4.69) is 15.5 Å². The van der Waals surface area contributed by atoms with Crippen molar-refractivity contribution in [3.63, 3.8) is 0 Å². The van der Waals surface area contributed by atoms with Crippen LogP contribution >= 0.6 is 11.8 Å². The van der Waals surface area contributed by atoms with Crippen LogP contribution in [0.3, 0.4) is 0 Å². The summed E-state index contributed by atoms with van der Waals surface area (Å²) in [6.07, 6.45) is 0. The summed E-state index contributed by atoms with van der Waals surface area (Å²) >= 11 is 1.58. The Morgan fingerprint density at radius 1 is 1.52 bits per heavy atom. The Kier molecular flexibility index (Phi) is 5.18. The monoisotopic (exact) mass is 314 g/mol. The molecule has 1 saturated heterocycles. The topological polar surface area (TPSA) is 109 Å². The van der Waals surface area contributed by atoms with Crippen LogP contribution in [0.1, 0.15) is 25.7 Å². The van der Waals surface area contributed by atoms with Crippen LogP contribution in [-0.4, -0.2) is 62.7 Å². The first-order valence-electron chi connectivity index (χ1n) is 6.65. The van der Waals surface area contributed by atoms with Crippen LogP contribution in [-0.2, 0) is 9.59 Å². The van der Waals surface area contributed by atoms with Gasteiger partial charge in [0, 0.05) is 24.0 Å². The second kappa shape index (κ2) is 6.90. The lowest BCUT2D eigenvalue weighted by Gasteiger charge is -2.31. The lowest BCUT2D eigenvalue weighted by molar-refractivity contribution is -0.142. The van der Waals surface area contributed by atoms with E-state index in [0.717, 1.165) is 5.75 Å². The Hall–Kier alpha value is -1.61. The fraction of sp³-hybridized carbons (Fsp3) is 0.667. The predicted octanol–water partition coefficient (Wildman–Crippen LogP) is 0.633. The van der Waals surface area contributed by atoms with Crippen LogP contribution in [0.25, 0.3) is 0 Å². The summed E-state index contributed by atoms with van der Waals surface area (Å²) < 4.78 is 5.29. The highest BCUT2D eigenvalue weighted by molar-refractivity contribution is 7.99. The Labute approximate surface area is 126 Å². The van der Waals surface area contributed by atoms with Crippen LogP contribution in [0, 0.1) is 0 Å². The first-order valence-corrected chi connectivity index (χ1v) is 7.80. The Balaban J connectivity index is 1.92. The number of carboxylic acid groups (broad SMARTS) is 1. The standard InChI is InChI=1S/C12H18N4O4S/c1-7(2)10-14-15-12(20-10)13-9(17)5-16-3-4-21-6-8(16)11(18)19/h7-8H,3-6H2,1-2H3,(H,18,19)(H,13,15,17). The Bertz CT molecular complexity index is 519. The summed E-state index contributed by atoms with van der Waals surface area (Å²) in [5.74, 6) is 0.569. The highest BCUT2D eigenvalue weighted by atomic mass is 32.2. The van der Waals surface area contributed by atoms with Crippen molar-refractivity contribution in [1.29, 1.82) is 0 Å². The van der Waals surface area contributed by atoms with Gasteiger partial charge in [-0.1, -0.05) is 18.9 Å². The Morgan fingerprint density at radius 2 is 2.29 bits per heavy atom. The minimum absolute atomic E-state index is 0.00306. The van der Waals surface area contributed by atoms with Crippen molar-refractivity contribution in [3.8, 4) is 0 Å². The maximum absolute atomic E-state index is 11.9. The quantitative estimate of drug-likeness (QED) is 0.815. The third-order valence-corrected chi connectivity index (χ3v) is 4.07. The van der Waals surface area contributed by atoms with E-state index in [1.165, 1.54) is 0 Å². The molecule has 1 aliphatic heterocycles. The lowest BCUT2D eigenvalue weighted by atomic mass is 10.2. The zero-order valence-electron chi connectivity index (χ0n) is 11.9. The highest BCUT2D eigenvalue weighted by Crippen LogP contribution is 2.17. The fourth-order valence-corrected chi connectivity index (χ4v) is 3.02. The molecule has 0 bridgehead atoms. The van der Waals surface area contributed by atoms with Crippen molar-refractivity contribution in [2.24, 2.45) is 0 Å². The van der Waals surface area contributed by atoms with Crippen molar-refractivity contribution in [2.45, 2.75) is 25.8 Å². The molecule has 1 aliphatic rings. The van der Waals surface area contributed by atoms with Crippen molar-refractivity contribution in [1.82, 2.24) is 15.1 Å². The van der Waals surface area contributed by atoms with Gasteiger partial charge in [0.25, 0.3) is 0 Å². The number of hydrogen-bond acceptors (Lipinski definition) is 7. The molecule has 0 spiro atoms. The normalized spacial score (nSPS) is 19.7. The molecule has 9 heteroatoms. The van der Waals surface area contributed by atoms with E-state index >= 15 is 0 Å². The van der Waals surface area contributed by atoms with Crippen LogP contribution in [0.5, 0.6) is 0 Å². The number of aromatic nitrogens is 2. The molecule has 2 rings (SSSR count). The number of nitrogens with zero attached hydrogens (tertiary/aromatic N) is 3. The van der Waals surface area contributed by atoms with Crippen LogP contribution < -0.4 is 5.32 Å². The SMILES string of the molecule is CC(C)c1nnc(NC(=O)CN2CCSCC2C(=O)O)o1. The van der Waals surface area contributed by atoms with Gasteiger partial charge in [-0.05, 0) is 0 Å². The number of carbonyl (C=O) groups is 2. The van der Waals surface area contributed by atoms with Gasteiger partial charge in [0.1, 0.15) is 6.04 Å². The van der Waals surface area contributed by atoms with Gasteiger partial charge in [-0.3, -0.25) is 19.8 Å². The number of amides is 1. The van der Waals surface area contributed by atoms with E-state index in [9.17, 15) is 9.59 Å². The fourth-order valence-electron chi connectivity index (χ4n) is 1.92. The first-order chi connectivity index (χ1) is 9.97. The molecule has 116 valence electrons. The summed E-state index contributed by atoms with van der Waals surface area (Å²) in [6, 6.07) is -0.592. The number of carbonyl (C=O) groups excluding carboxylic acids is 1. The largest absolute Gasteiger partial charge is 0.480 e. The third-order valence-electron chi connectivity index (χ3n) is 3.05. The van der Waals surface area contributed by atoms with Gasteiger partial charge in [0.15, 0.2) is 0 Å². The predicted molar refractivity (Wildman–Crippen MR) is 77.3 cm³/mol. The molecule has 8 nitrogen and oxygen atoms in total. The highest BCUT2D eigenvalue weighted by Gasteiger charge is 2.30. The van der Waals surface area contributed by atoms with Crippen molar-refractivity contribution >= 4 is 29.7 Å². The van der Waals surface area contributed by atoms with Crippen LogP contribution in [0.15, 0.2) is 4.42 Å². The van der Waals surface area contributed by atoms with Gasteiger partial charge in [0.05, 0.1) is 6.54 Å². The molecular weight excluding hydrogens is 296 g/mol. The first kappa shape index (κ1) is 15.8. The van der Waals surface area contributed by atoms with Gasteiger partial charge in [-0.2, -0.15) is 11.8 Å². The molecular formula is C12H18N4O4S. The molecule has 1 unspecified atom stereocenters. The summed E-state index contributed by atoms with van der Waals surface area (Å²) in [6.45, 7) is 4.37. The zero-order valence-corrected chi connectivity index (χ0v) is 12.7. The molecule has 0 aliphatic carbocycles. The molecule has 1 aromatic heterocycles. The van der Waals surface area contributed by atoms with Crippen LogP contribution in [0.2, 0.25) is 0 Å². The molecule has 2 heterocycles. The van der Waals surface area contributed by atoms with Crippen molar-refractivity contribution in [3.05, 3.63) is 5.89 Å². The van der Waals surface area contributed by atoms with E-state index in [1.54, 1.807) is 16.7 Å². The molecule has 0 radical (unpaired) electrons. The number of rotatable bonds is 5. The van der Waals surface area contributed by atoms with Gasteiger partial charge in [0.2, 0.25) is 11.8 Å². The maximum Gasteiger partial charge on any atom is 0.322 e. The summed E-state index contributed by atoms with van der Waals surface area (Å²) in [4.78, 5) is 24.7. The average molecular weight is 314 g/mol. The molecule has 1 atom stereocenters. The van der Waals surface area contributed by atoms with E-state index in [-0.39, 0.29) is 24.4 Å². The number of anilines is 1. The lowest BCUT2D eigenvalue weighted by Crippen LogP contribution is -2.50. The molecule has 1 fully saturated rings. The molecule has 1 aromatic rings. The number of thioether (sulfide) groups is 1.